The highest BCUT2D eigenvalue weighted by molar-refractivity contribution is 9.10. The summed E-state index contributed by atoms with van der Waals surface area (Å²) in [5.74, 6) is -0.812. The van der Waals surface area contributed by atoms with Gasteiger partial charge in [0.15, 0.2) is 0 Å². The SMILES string of the molecule is CC(C)C(O)CNC(=O)c1cc(F)cc(Br)c1. The molecule has 0 saturated carbocycles. The fourth-order valence-corrected chi connectivity index (χ4v) is 1.69. The molecule has 94 valence electrons. The fourth-order valence-electron chi connectivity index (χ4n) is 1.22. The predicted octanol–water partition coefficient (Wildman–Crippen LogP) is 2.33. The first-order valence-corrected chi connectivity index (χ1v) is 6.12. The number of amides is 1. The zero-order valence-electron chi connectivity index (χ0n) is 9.71. The number of halogens is 2. The van der Waals surface area contributed by atoms with Crippen molar-refractivity contribution in [3.8, 4) is 0 Å². The van der Waals surface area contributed by atoms with E-state index in [-0.39, 0.29) is 18.0 Å². The van der Waals surface area contributed by atoms with Crippen LogP contribution >= 0.6 is 15.9 Å². The van der Waals surface area contributed by atoms with Crippen molar-refractivity contribution in [2.45, 2.75) is 20.0 Å². The summed E-state index contributed by atoms with van der Waals surface area (Å²) < 4.78 is 13.6. The third-order valence-corrected chi connectivity index (χ3v) is 2.82. The average molecular weight is 304 g/mol. The molecule has 0 fully saturated rings. The molecule has 0 aliphatic rings. The number of hydrogen-bond donors (Lipinski definition) is 2. The van der Waals surface area contributed by atoms with Crippen LogP contribution < -0.4 is 5.32 Å². The molecule has 0 aliphatic carbocycles. The number of rotatable bonds is 4. The summed E-state index contributed by atoms with van der Waals surface area (Å²) in [5, 5.41) is 12.1. The van der Waals surface area contributed by atoms with Crippen molar-refractivity contribution < 1.29 is 14.3 Å². The molecule has 5 heteroatoms. The van der Waals surface area contributed by atoms with Crippen molar-refractivity contribution >= 4 is 21.8 Å². The normalized spacial score (nSPS) is 12.6. The summed E-state index contributed by atoms with van der Waals surface area (Å²) in [7, 11) is 0. The van der Waals surface area contributed by atoms with Crippen LogP contribution in [-0.2, 0) is 0 Å². The van der Waals surface area contributed by atoms with Crippen LogP contribution in [0, 0.1) is 11.7 Å². The molecular weight excluding hydrogens is 289 g/mol. The van der Waals surface area contributed by atoms with Gasteiger partial charge in [0.2, 0.25) is 0 Å². The molecule has 0 spiro atoms. The van der Waals surface area contributed by atoms with E-state index in [2.05, 4.69) is 21.2 Å². The van der Waals surface area contributed by atoms with Crippen molar-refractivity contribution in [2.75, 3.05) is 6.54 Å². The summed E-state index contributed by atoms with van der Waals surface area (Å²) in [4.78, 5) is 11.7. The highest BCUT2D eigenvalue weighted by Crippen LogP contribution is 2.14. The molecule has 0 radical (unpaired) electrons. The first-order chi connectivity index (χ1) is 7.90. The minimum Gasteiger partial charge on any atom is -0.391 e. The highest BCUT2D eigenvalue weighted by atomic mass is 79.9. The van der Waals surface area contributed by atoms with E-state index in [0.717, 1.165) is 6.07 Å². The van der Waals surface area contributed by atoms with Gasteiger partial charge in [-0.3, -0.25) is 4.79 Å². The lowest BCUT2D eigenvalue weighted by Crippen LogP contribution is -2.34. The Labute approximate surface area is 108 Å². The standard InChI is InChI=1S/C12H15BrFNO2/c1-7(2)11(16)6-15-12(17)8-3-9(13)5-10(14)4-8/h3-5,7,11,16H,6H2,1-2H3,(H,15,17). The molecule has 1 aromatic rings. The van der Waals surface area contributed by atoms with Crippen LogP contribution in [0.5, 0.6) is 0 Å². The summed E-state index contributed by atoms with van der Waals surface area (Å²) in [6.45, 7) is 3.87. The lowest BCUT2D eigenvalue weighted by molar-refractivity contribution is 0.0871. The molecular formula is C12H15BrFNO2. The van der Waals surface area contributed by atoms with Gasteiger partial charge in [-0.15, -0.1) is 0 Å². The maximum Gasteiger partial charge on any atom is 0.251 e. The van der Waals surface area contributed by atoms with E-state index in [1.807, 2.05) is 13.8 Å². The predicted molar refractivity (Wildman–Crippen MR) is 67.3 cm³/mol. The van der Waals surface area contributed by atoms with Crippen LogP contribution in [0.15, 0.2) is 22.7 Å². The molecule has 1 aromatic carbocycles. The molecule has 0 heterocycles. The molecule has 3 nitrogen and oxygen atoms in total. The Morgan fingerprint density at radius 2 is 2.12 bits per heavy atom. The van der Waals surface area contributed by atoms with Gasteiger partial charge >= 0.3 is 0 Å². The molecule has 0 aliphatic heterocycles. The summed E-state index contributed by atoms with van der Waals surface area (Å²) in [6, 6.07) is 3.96. The van der Waals surface area contributed by atoms with Gasteiger partial charge in [0.05, 0.1) is 6.10 Å². The molecule has 1 rings (SSSR count). The first-order valence-electron chi connectivity index (χ1n) is 5.32. The minimum absolute atomic E-state index is 0.0644. The van der Waals surface area contributed by atoms with Crippen molar-refractivity contribution in [3.63, 3.8) is 0 Å². The molecule has 1 amide bonds. The number of hydrogen-bond acceptors (Lipinski definition) is 2. The van der Waals surface area contributed by atoms with Gasteiger partial charge in [-0.25, -0.2) is 4.39 Å². The van der Waals surface area contributed by atoms with Crippen LogP contribution in [0.1, 0.15) is 24.2 Å². The largest absolute Gasteiger partial charge is 0.391 e. The van der Waals surface area contributed by atoms with Gasteiger partial charge in [-0.2, -0.15) is 0 Å². The topological polar surface area (TPSA) is 49.3 Å². The van der Waals surface area contributed by atoms with E-state index in [1.165, 1.54) is 12.1 Å². The van der Waals surface area contributed by atoms with Gasteiger partial charge in [-0.05, 0) is 24.1 Å². The van der Waals surface area contributed by atoms with Crippen molar-refractivity contribution in [1.82, 2.24) is 5.32 Å². The van der Waals surface area contributed by atoms with Crippen molar-refractivity contribution in [1.29, 1.82) is 0 Å². The van der Waals surface area contributed by atoms with Crippen molar-refractivity contribution in [3.05, 3.63) is 34.1 Å². The van der Waals surface area contributed by atoms with Crippen LogP contribution in [0.4, 0.5) is 4.39 Å². The second-order valence-electron chi connectivity index (χ2n) is 4.18. The third kappa shape index (κ3) is 4.44. The summed E-state index contributed by atoms with van der Waals surface area (Å²) in [6.07, 6.45) is -0.601. The Balaban J connectivity index is 2.64. The smallest absolute Gasteiger partial charge is 0.251 e. The molecule has 0 bridgehead atoms. The van der Waals surface area contributed by atoms with E-state index in [4.69, 9.17) is 0 Å². The van der Waals surface area contributed by atoms with Crippen LogP contribution in [0.25, 0.3) is 0 Å². The summed E-state index contributed by atoms with van der Waals surface area (Å²) in [5.41, 5.74) is 0.229. The maximum atomic E-state index is 13.1. The molecule has 1 atom stereocenters. The van der Waals surface area contributed by atoms with Gasteiger partial charge in [0, 0.05) is 16.6 Å². The van der Waals surface area contributed by atoms with E-state index < -0.39 is 17.8 Å². The third-order valence-electron chi connectivity index (χ3n) is 2.37. The highest BCUT2D eigenvalue weighted by Gasteiger charge is 2.12. The van der Waals surface area contributed by atoms with Gasteiger partial charge < -0.3 is 10.4 Å². The molecule has 1 unspecified atom stereocenters. The molecule has 2 N–H and O–H groups in total. The second kappa shape index (κ2) is 6.12. The Kier molecular flexibility index (Phi) is 5.08. The van der Waals surface area contributed by atoms with Crippen LogP contribution in [0.3, 0.4) is 0 Å². The monoisotopic (exact) mass is 303 g/mol. The number of benzene rings is 1. The van der Waals surface area contributed by atoms with E-state index in [1.54, 1.807) is 0 Å². The fraction of sp³-hybridized carbons (Fsp3) is 0.417. The van der Waals surface area contributed by atoms with Gasteiger partial charge in [0.1, 0.15) is 5.82 Å². The number of carbonyl (C=O) groups excluding carboxylic acids is 1. The lowest BCUT2D eigenvalue weighted by Gasteiger charge is -2.15. The summed E-state index contributed by atoms with van der Waals surface area (Å²) >= 11 is 3.12. The first kappa shape index (κ1) is 14.1. The average Bonchev–Trinajstić information content (AvgIpc) is 2.23. The zero-order chi connectivity index (χ0) is 13.0. The van der Waals surface area contributed by atoms with Gasteiger partial charge in [0.25, 0.3) is 5.91 Å². The van der Waals surface area contributed by atoms with Crippen LogP contribution in [0.2, 0.25) is 0 Å². The van der Waals surface area contributed by atoms with Crippen LogP contribution in [-0.4, -0.2) is 23.7 Å². The van der Waals surface area contributed by atoms with Crippen molar-refractivity contribution in [2.24, 2.45) is 5.92 Å². The Bertz CT molecular complexity index is 389. The Morgan fingerprint density at radius 3 is 2.65 bits per heavy atom. The maximum absolute atomic E-state index is 13.1. The van der Waals surface area contributed by atoms with E-state index >= 15 is 0 Å². The Morgan fingerprint density at radius 1 is 1.47 bits per heavy atom. The Hall–Kier alpha value is -0.940. The number of nitrogens with one attached hydrogen (secondary N) is 1. The lowest BCUT2D eigenvalue weighted by atomic mass is 10.1. The number of aliphatic hydroxyl groups is 1. The molecule has 0 aromatic heterocycles. The molecule has 17 heavy (non-hydrogen) atoms. The van der Waals surface area contributed by atoms with E-state index in [9.17, 15) is 14.3 Å². The number of carbonyl (C=O) groups is 1. The van der Waals surface area contributed by atoms with E-state index in [0.29, 0.717) is 4.47 Å². The minimum atomic E-state index is -0.601. The number of aliphatic hydroxyl groups excluding tert-OH is 1. The zero-order valence-corrected chi connectivity index (χ0v) is 11.3. The quantitative estimate of drug-likeness (QED) is 0.897. The second-order valence-corrected chi connectivity index (χ2v) is 5.10. The molecule has 0 saturated heterocycles. The van der Waals surface area contributed by atoms with Gasteiger partial charge in [-0.1, -0.05) is 29.8 Å².